The number of halogens is 1. The second-order valence-electron chi connectivity index (χ2n) is 5.68. The maximum atomic E-state index is 11.9. The highest BCUT2D eigenvalue weighted by molar-refractivity contribution is 6.30. The molecule has 1 aromatic heterocycles. The van der Waals surface area contributed by atoms with E-state index >= 15 is 0 Å². The summed E-state index contributed by atoms with van der Waals surface area (Å²) in [5.41, 5.74) is 3.28. The first-order valence-corrected chi connectivity index (χ1v) is 8.51. The molecule has 0 aliphatic heterocycles. The third-order valence-electron chi connectivity index (χ3n) is 3.80. The average Bonchev–Trinajstić information content (AvgIpc) is 2.62. The molecule has 0 saturated heterocycles. The van der Waals surface area contributed by atoms with Gasteiger partial charge in [-0.05, 0) is 67.7 Å². The van der Waals surface area contributed by atoms with Crippen LogP contribution in [0, 0.1) is 0 Å². The van der Waals surface area contributed by atoms with Crippen molar-refractivity contribution in [2.75, 3.05) is 5.32 Å². The van der Waals surface area contributed by atoms with E-state index in [0.29, 0.717) is 10.7 Å². The van der Waals surface area contributed by atoms with Crippen LogP contribution in [-0.2, 0) is 4.84 Å². The highest BCUT2D eigenvalue weighted by Crippen LogP contribution is 2.23. The van der Waals surface area contributed by atoms with Gasteiger partial charge in [0.15, 0.2) is 0 Å². The van der Waals surface area contributed by atoms with Gasteiger partial charge in [0.1, 0.15) is 0 Å². The molecule has 0 unspecified atom stereocenters. The lowest BCUT2D eigenvalue weighted by Crippen LogP contribution is -2.15. The van der Waals surface area contributed by atoms with Crippen LogP contribution in [0.5, 0.6) is 0 Å². The van der Waals surface area contributed by atoms with Gasteiger partial charge in [-0.25, -0.2) is 4.79 Å². The molecule has 3 rings (SSSR count). The van der Waals surface area contributed by atoms with E-state index in [9.17, 15) is 4.79 Å². The first-order valence-electron chi connectivity index (χ1n) is 8.13. The van der Waals surface area contributed by atoms with Gasteiger partial charge in [0.25, 0.3) is 0 Å². The molecule has 1 fully saturated rings. The zero-order valence-corrected chi connectivity index (χ0v) is 14.4. The largest absolute Gasteiger partial charge is 0.437 e. The Morgan fingerprint density at radius 3 is 2.88 bits per heavy atom. The lowest BCUT2D eigenvalue weighted by atomic mass is 9.92. The molecule has 5 nitrogen and oxygen atoms in total. The maximum Gasteiger partial charge on any atom is 0.437 e. The molecule has 2 aromatic rings. The number of nitrogens with zero attached hydrogens (tertiary/aromatic N) is 2. The normalized spacial score (nSPS) is 17.5. The van der Waals surface area contributed by atoms with Gasteiger partial charge in [-0.1, -0.05) is 28.9 Å². The summed E-state index contributed by atoms with van der Waals surface area (Å²) in [6.07, 6.45) is 6.90. The second kappa shape index (κ2) is 8.44. The number of benzene rings is 1. The van der Waals surface area contributed by atoms with Crippen molar-refractivity contribution in [2.24, 2.45) is 5.16 Å². The number of hydrogen-bond donors (Lipinski definition) is 1. The smallest absolute Gasteiger partial charge is 0.298 e. The van der Waals surface area contributed by atoms with Crippen molar-refractivity contribution in [2.45, 2.75) is 25.7 Å². The molecule has 1 aliphatic carbocycles. The van der Waals surface area contributed by atoms with Gasteiger partial charge < -0.3 is 0 Å². The number of oxime groups is 1. The second-order valence-corrected chi connectivity index (χ2v) is 6.12. The molecular weight excluding hydrogens is 338 g/mol. The third-order valence-corrected chi connectivity index (χ3v) is 4.04. The predicted octanol–water partition coefficient (Wildman–Crippen LogP) is 5.30. The number of aromatic nitrogens is 1. The highest BCUT2D eigenvalue weighted by Gasteiger charge is 2.15. The molecule has 0 atom stereocenters. The van der Waals surface area contributed by atoms with Crippen molar-refractivity contribution in [3.05, 3.63) is 65.0 Å². The van der Waals surface area contributed by atoms with Crippen LogP contribution in [-0.4, -0.2) is 16.8 Å². The van der Waals surface area contributed by atoms with E-state index in [2.05, 4.69) is 15.5 Å². The van der Waals surface area contributed by atoms with E-state index in [1.165, 1.54) is 0 Å². The summed E-state index contributed by atoms with van der Waals surface area (Å²) < 4.78 is 0. The molecular formula is C19H18ClN3O2. The Kier molecular flexibility index (Phi) is 5.80. The van der Waals surface area contributed by atoms with Crippen molar-refractivity contribution in [1.82, 2.24) is 4.98 Å². The Bertz CT molecular complexity index is 803. The quantitative estimate of drug-likeness (QED) is 0.600. The number of pyridine rings is 1. The van der Waals surface area contributed by atoms with E-state index in [1.807, 2.05) is 24.3 Å². The molecule has 1 aromatic carbocycles. The molecule has 25 heavy (non-hydrogen) atoms. The lowest BCUT2D eigenvalue weighted by Gasteiger charge is -2.16. The van der Waals surface area contributed by atoms with E-state index in [1.54, 1.807) is 30.5 Å². The Morgan fingerprint density at radius 1 is 1.20 bits per heavy atom. The maximum absolute atomic E-state index is 11.9. The Labute approximate surface area is 151 Å². The number of anilines is 1. The molecule has 0 bridgehead atoms. The molecule has 0 radical (unpaired) electrons. The van der Waals surface area contributed by atoms with Crippen molar-refractivity contribution < 1.29 is 9.63 Å². The number of hydrogen-bond acceptors (Lipinski definition) is 4. The van der Waals surface area contributed by atoms with Crippen LogP contribution in [0.3, 0.4) is 0 Å². The summed E-state index contributed by atoms with van der Waals surface area (Å²) in [7, 11) is 0. The summed E-state index contributed by atoms with van der Waals surface area (Å²) in [4.78, 5) is 21.2. The minimum Gasteiger partial charge on any atom is -0.298 e. The molecule has 6 heteroatoms. The number of amides is 1. The van der Waals surface area contributed by atoms with Gasteiger partial charge >= 0.3 is 6.09 Å². The minimum atomic E-state index is -0.641. The monoisotopic (exact) mass is 355 g/mol. The summed E-state index contributed by atoms with van der Waals surface area (Å²) >= 11 is 5.89. The first-order chi connectivity index (χ1) is 12.2. The van der Waals surface area contributed by atoms with Crippen LogP contribution in [0.15, 0.2) is 59.4 Å². The van der Waals surface area contributed by atoms with Crippen LogP contribution in [0.4, 0.5) is 10.5 Å². The molecule has 1 heterocycles. The fraction of sp³-hybridized carbons (Fsp3) is 0.211. The summed E-state index contributed by atoms with van der Waals surface area (Å²) in [5, 5.41) is 7.20. The Hall–Kier alpha value is -2.66. The van der Waals surface area contributed by atoms with Gasteiger partial charge in [-0.15, -0.1) is 0 Å². The SMILES string of the molecule is O=C(Nc1cccc(Cl)c1)O/N=C1\CCCC\C1=C/c1ccccn1. The van der Waals surface area contributed by atoms with Crippen molar-refractivity contribution in [1.29, 1.82) is 0 Å². The molecule has 128 valence electrons. The van der Waals surface area contributed by atoms with E-state index in [-0.39, 0.29) is 0 Å². The van der Waals surface area contributed by atoms with Gasteiger partial charge in [0.2, 0.25) is 0 Å². The van der Waals surface area contributed by atoms with Gasteiger partial charge in [-0.2, -0.15) is 0 Å². The van der Waals surface area contributed by atoms with Crippen molar-refractivity contribution in [3.8, 4) is 0 Å². The standard InChI is InChI=1S/C19H18ClN3O2/c20-15-7-5-9-17(13-15)22-19(24)25-23-18-10-2-1-6-14(18)12-16-8-3-4-11-21-16/h3-5,7-9,11-13H,1-2,6,10H2,(H,22,24)/b14-12+,23-18+. The third kappa shape index (κ3) is 5.16. The number of rotatable bonds is 3. The Morgan fingerprint density at radius 2 is 2.08 bits per heavy atom. The predicted molar refractivity (Wildman–Crippen MR) is 99.7 cm³/mol. The van der Waals surface area contributed by atoms with Crippen LogP contribution < -0.4 is 5.32 Å². The number of carbonyl (C=O) groups excluding carboxylic acids is 1. The van der Waals surface area contributed by atoms with Gasteiger partial charge in [0, 0.05) is 16.9 Å². The van der Waals surface area contributed by atoms with Crippen LogP contribution >= 0.6 is 11.6 Å². The van der Waals surface area contributed by atoms with Gasteiger partial charge in [-0.3, -0.25) is 15.1 Å². The summed E-state index contributed by atoms with van der Waals surface area (Å²) in [5.74, 6) is 0. The van der Waals surface area contributed by atoms with Crippen molar-refractivity contribution >= 4 is 35.2 Å². The minimum absolute atomic E-state index is 0.539. The number of allylic oxidation sites excluding steroid dienone is 1. The first kappa shape index (κ1) is 17.2. The zero-order chi connectivity index (χ0) is 17.5. The molecule has 1 N–H and O–H groups in total. The highest BCUT2D eigenvalue weighted by atomic mass is 35.5. The number of nitrogens with one attached hydrogen (secondary N) is 1. The zero-order valence-electron chi connectivity index (χ0n) is 13.6. The fourth-order valence-corrected chi connectivity index (χ4v) is 2.81. The average molecular weight is 356 g/mol. The van der Waals surface area contributed by atoms with E-state index in [4.69, 9.17) is 16.4 Å². The fourth-order valence-electron chi connectivity index (χ4n) is 2.62. The van der Waals surface area contributed by atoms with E-state index < -0.39 is 6.09 Å². The molecule has 1 amide bonds. The molecule has 1 saturated carbocycles. The topological polar surface area (TPSA) is 63.6 Å². The molecule has 0 spiro atoms. The van der Waals surface area contributed by atoms with Crippen LogP contribution in [0.25, 0.3) is 6.08 Å². The van der Waals surface area contributed by atoms with Gasteiger partial charge in [0.05, 0.1) is 11.4 Å². The molecule has 1 aliphatic rings. The summed E-state index contributed by atoms with van der Waals surface area (Å²) in [6, 6.07) is 12.6. The van der Waals surface area contributed by atoms with Crippen LogP contribution in [0.1, 0.15) is 31.4 Å². The lowest BCUT2D eigenvalue weighted by molar-refractivity contribution is 0.166. The van der Waals surface area contributed by atoms with E-state index in [0.717, 1.165) is 42.7 Å². The van der Waals surface area contributed by atoms with Crippen molar-refractivity contribution in [3.63, 3.8) is 0 Å². The summed E-state index contributed by atoms with van der Waals surface area (Å²) in [6.45, 7) is 0. The Balaban J connectivity index is 1.68. The van der Waals surface area contributed by atoms with Crippen LogP contribution in [0.2, 0.25) is 5.02 Å². The number of carbonyl (C=O) groups is 1.